The Labute approximate surface area is 185 Å². The van der Waals surface area contributed by atoms with Crippen molar-refractivity contribution in [1.29, 1.82) is 0 Å². The van der Waals surface area contributed by atoms with Crippen molar-refractivity contribution in [2.45, 2.75) is 50.7 Å². The molecule has 6 nitrogen and oxygen atoms in total. The Morgan fingerprint density at radius 2 is 1.79 bits per heavy atom. The molecular weight excluding hydrogens is 467 g/mol. The van der Waals surface area contributed by atoms with Gasteiger partial charge in [0.05, 0.1) is 0 Å². The Hall–Kier alpha value is -1.51. The number of carbonyl (C=O) groups excluding carboxylic acids is 1. The summed E-state index contributed by atoms with van der Waals surface area (Å²) < 4.78 is 6.10. The standard InChI is InChI=1S/C21H32N4O2.HI/c1-24(2)20(26)16-22-21(23-17-8-6-7-9-17)25-14-12-19(13-15-25)27-18-10-4-3-5-11-18;/h3-5,10-11,17,19H,6-9,12-16H2,1-2H3,(H,22,23);1H. The highest BCUT2D eigenvalue weighted by Crippen LogP contribution is 2.21. The fraction of sp³-hybridized carbons (Fsp3) is 0.619. The summed E-state index contributed by atoms with van der Waals surface area (Å²) in [6.45, 7) is 1.99. The Morgan fingerprint density at radius 3 is 2.39 bits per heavy atom. The summed E-state index contributed by atoms with van der Waals surface area (Å²) in [7, 11) is 3.54. The van der Waals surface area contributed by atoms with Crippen LogP contribution in [0.1, 0.15) is 38.5 Å². The minimum absolute atomic E-state index is 0. The van der Waals surface area contributed by atoms with Crippen LogP contribution in [0.25, 0.3) is 0 Å². The van der Waals surface area contributed by atoms with Crippen molar-refractivity contribution < 1.29 is 9.53 Å². The van der Waals surface area contributed by atoms with Crippen molar-refractivity contribution in [3.8, 4) is 5.75 Å². The summed E-state index contributed by atoms with van der Waals surface area (Å²) in [4.78, 5) is 20.5. The van der Waals surface area contributed by atoms with Crippen LogP contribution in [-0.2, 0) is 4.79 Å². The summed E-state index contributed by atoms with van der Waals surface area (Å²) in [5, 5.41) is 3.61. The van der Waals surface area contributed by atoms with Crippen molar-refractivity contribution >= 4 is 35.8 Å². The van der Waals surface area contributed by atoms with Gasteiger partial charge < -0.3 is 19.9 Å². The maximum Gasteiger partial charge on any atom is 0.243 e. The molecule has 0 spiro atoms. The van der Waals surface area contributed by atoms with E-state index in [1.54, 1.807) is 19.0 Å². The van der Waals surface area contributed by atoms with Crippen molar-refractivity contribution in [1.82, 2.24) is 15.1 Å². The normalized spacial score (nSPS) is 18.5. The van der Waals surface area contributed by atoms with Crippen molar-refractivity contribution in [2.24, 2.45) is 4.99 Å². The van der Waals surface area contributed by atoms with Gasteiger partial charge in [-0.25, -0.2) is 4.99 Å². The molecular formula is C21H33IN4O2. The Bertz CT molecular complexity index is 625. The number of likely N-dealkylation sites (N-methyl/N-ethyl adjacent to an activating group) is 1. The predicted molar refractivity (Wildman–Crippen MR) is 123 cm³/mol. The molecule has 156 valence electrons. The third kappa shape index (κ3) is 6.83. The van der Waals surface area contributed by atoms with E-state index >= 15 is 0 Å². The lowest BCUT2D eigenvalue weighted by atomic mass is 10.1. The zero-order valence-electron chi connectivity index (χ0n) is 17.0. The van der Waals surface area contributed by atoms with Crippen LogP contribution in [0.4, 0.5) is 0 Å². The van der Waals surface area contributed by atoms with E-state index in [1.165, 1.54) is 25.7 Å². The second-order valence-electron chi connectivity index (χ2n) is 7.67. The number of benzene rings is 1. The van der Waals surface area contributed by atoms with Gasteiger partial charge in [-0.1, -0.05) is 31.0 Å². The van der Waals surface area contributed by atoms with E-state index in [9.17, 15) is 4.79 Å². The van der Waals surface area contributed by atoms with Gasteiger partial charge in [-0.05, 0) is 25.0 Å². The van der Waals surface area contributed by atoms with Gasteiger partial charge >= 0.3 is 0 Å². The molecule has 0 unspecified atom stereocenters. The SMILES string of the molecule is CN(C)C(=O)CN=C(NC1CCCC1)N1CCC(Oc2ccccc2)CC1.I. The molecule has 2 fully saturated rings. The highest BCUT2D eigenvalue weighted by Gasteiger charge is 2.25. The van der Waals surface area contributed by atoms with Crippen LogP contribution in [0, 0.1) is 0 Å². The van der Waals surface area contributed by atoms with Gasteiger partial charge in [0.1, 0.15) is 18.4 Å². The second kappa shape index (κ2) is 11.5. The van der Waals surface area contributed by atoms with Crippen LogP contribution >= 0.6 is 24.0 Å². The van der Waals surface area contributed by atoms with E-state index in [-0.39, 0.29) is 42.5 Å². The van der Waals surface area contributed by atoms with E-state index < -0.39 is 0 Å². The van der Waals surface area contributed by atoms with Gasteiger partial charge in [-0.15, -0.1) is 24.0 Å². The number of rotatable bonds is 5. The molecule has 1 amide bonds. The van der Waals surface area contributed by atoms with E-state index in [1.807, 2.05) is 30.3 Å². The van der Waals surface area contributed by atoms with Crippen LogP contribution in [-0.4, -0.2) is 67.5 Å². The van der Waals surface area contributed by atoms with Gasteiger partial charge in [0, 0.05) is 46.1 Å². The topological polar surface area (TPSA) is 57.2 Å². The molecule has 0 radical (unpaired) electrons. The zero-order valence-corrected chi connectivity index (χ0v) is 19.3. The number of ether oxygens (including phenoxy) is 1. The zero-order chi connectivity index (χ0) is 19.1. The lowest BCUT2D eigenvalue weighted by molar-refractivity contribution is -0.127. The second-order valence-corrected chi connectivity index (χ2v) is 7.67. The summed E-state index contributed by atoms with van der Waals surface area (Å²) in [6.07, 6.45) is 7.08. The number of para-hydroxylation sites is 1. The van der Waals surface area contributed by atoms with E-state index in [2.05, 4.69) is 15.2 Å². The van der Waals surface area contributed by atoms with Crippen molar-refractivity contribution in [3.05, 3.63) is 30.3 Å². The Balaban J connectivity index is 0.00000280. The van der Waals surface area contributed by atoms with E-state index in [0.717, 1.165) is 37.6 Å². The fourth-order valence-electron chi connectivity index (χ4n) is 3.65. The van der Waals surface area contributed by atoms with Gasteiger partial charge in [0.2, 0.25) is 5.91 Å². The molecule has 3 rings (SSSR count). The number of aliphatic imine (C=N–C) groups is 1. The minimum atomic E-state index is 0. The van der Waals surface area contributed by atoms with Crippen LogP contribution in [0.15, 0.2) is 35.3 Å². The number of halogens is 1. The smallest absolute Gasteiger partial charge is 0.243 e. The fourth-order valence-corrected chi connectivity index (χ4v) is 3.65. The monoisotopic (exact) mass is 500 g/mol. The summed E-state index contributed by atoms with van der Waals surface area (Å²) in [5.74, 6) is 1.85. The lowest BCUT2D eigenvalue weighted by Crippen LogP contribution is -2.50. The van der Waals surface area contributed by atoms with Gasteiger partial charge in [-0.3, -0.25) is 4.79 Å². The molecule has 1 saturated carbocycles. The maximum absolute atomic E-state index is 12.0. The molecule has 1 saturated heterocycles. The molecule has 1 aliphatic carbocycles. The van der Waals surface area contributed by atoms with Crippen molar-refractivity contribution in [2.75, 3.05) is 33.7 Å². The van der Waals surface area contributed by atoms with Gasteiger partial charge in [0.25, 0.3) is 0 Å². The first kappa shape index (κ1) is 22.8. The van der Waals surface area contributed by atoms with Crippen LogP contribution in [0.2, 0.25) is 0 Å². The molecule has 2 aliphatic rings. The number of nitrogens with one attached hydrogen (secondary N) is 1. The molecule has 0 atom stereocenters. The van der Waals surface area contributed by atoms with Crippen LogP contribution in [0.5, 0.6) is 5.75 Å². The Kier molecular flexibility index (Phi) is 9.34. The summed E-state index contributed by atoms with van der Waals surface area (Å²) in [5.41, 5.74) is 0. The number of nitrogens with zero attached hydrogens (tertiary/aromatic N) is 3. The number of hydrogen-bond donors (Lipinski definition) is 1. The first-order chi connectivity index (χ1) is 13.1. The quantitative estimate of drug-likeness (QED) is 0.384. The highest BCUT2D eigenvalue weighted by atomic mass is 127. The molecule has 7 heteroatoms. The molecule has 28 heavy (non-hydrogen) atoms. The molecule has 1 aromatic rings. The number of likely N-dealkylation sites (tertiary alicyclic amines) is 1. The van der Waals surface area contributed by atoms with E-state index in [0.29, 0.717) is 6.04 Å². The third-order valence-corrected chi connectivity index (χ3v) is 5.34. The molecule has 0 bridgehead atoms. The number of piperidine rings is 1. The maximum atomic E-state index is 12.0. The number of guanidine groups is 1. The average molecular weight is 500 g/mol. The summed E-state index contributed by atoms with van der Waals surface area (Å²) >= 11 is 0. The van der Waals surface area contributed by atoms with Gasteiger partial charge in [0.15, 0.2) is 5.96 Å². The summed E-state index contributed by atoms with van der Waals surface area (Å²) in [6, 6.07) is 10.5. The number of hydrogen-bond acceptors (Lipinski definition) is 3. The largest absolute Gasteiger partial charge is 0.490 e. The number of carbonyl (C=O) groups is 1. The minimum Gasteiger partial charge on any atom is -0.490 e. The first-order valence-corrected chi connectivity index (χ1v) is 10.1. The molecule has 1 aromatic carbocycles. The molecule has 1 heterocycles. The van der Waals surface area contributed by atoms with Crippen molar-refractivity contribution in [3.63, 3.8) is 0 Å². The van der Waals surface area contributed by atoms with Crippen LogP contribution in [0.3, 0.4) is 0 Å². The molecule has 1 aliphatic heterocycles. The lowest BCUT2D eigenvalue weighted by Gasteiger charge is -2.35. The Morgan fingerprint density at radius 1 is 1.14 bits per heavy atom. The molecule has 1 N–H and O–H groups in total. The first-order valence-electron chi connectivity index (χ1n) is 10.1. The molecule has 0 aromatic heterocycles. The van der Waals surface area contributed by atoms with Gasteiger partial charge in [-0.2, -0.15) is 0 Å². The van der Waals surface area contributed by atoms with E-state index in [4.69, 9.17) is 4.74 Å². The average Bonchev–Trinajstić information content (AvgIpc) is 3.19. The predicted octanol–water partition coefficient (Wildman–Crippen LogP) is 3.12. The third-order valence-electron chi connectivity index (χ3n) is 5.34. The number of amides is 1. The highest BCUT2D eigenvalue weighted by molar-refractivity contribution is 14.0. The van der Waals surface area contributed by atoms with Crippen LogP contribution < -0.4 is 10.1 Å².